The Morgan fingerprint density at radius 3 is 3.11 bits per heavy atom. The summed E-state index contributed by atoms with van der Waals surface area (Å²) in [5, 5.41) is 8.42. The van der Waals surface area contributed by atoms with Crippen molar-refractivity contribution in [2.45, 2.75) is 44.8 Å². The molecule has 0 fully saturated rings. The van der Waals surface area contributed by atoms with Crippen molar-refractivity contribution in [1.29, 1.82) is 0 Å². The summed E-state index contributed by atoms with van der Waals surface area (Å²) >= 11 is 0. The van der Waals surface area contributed by atoms with E-state index in [9.17, 15) is 4.79 Å². The Balaban J connectivity index is 2.40. The lowest BCUT2D eigenvalue weighted by Gasteiger charge is -2.26. The smallest absolute Gasteiger partial charge is 0.381 e. The van der Waals surface area contributed by atoms with Gasteiger partial charge in [-0.1, -0.05) is 25.0 Å². The van der Waals surface area contributed by atoms with E-state index in [4.69, 9.17) is 16.3 Å². The highest BCUT2D eigenvalue weighted by Crippen LogP contribution is 2.21. The van der Waals surface area contributed by atoms with Gasteiger partial charge in [0.25, 0.3) is 0 Å². The normalized spacial score (nSPS) is 23.6. The minimum Gasteiger partial charge on any atom is -0.472 e. The lowest BCUT2D eigenvalue weighted by molar-refractivity contribution is -0.130. The summed E-state index contributed by atoms with van der Waals surface area (Å²) in [6.45, 7) is 2.11. The maximum atomic E-state index is 10.3. The predicted molar refractivity (Wildman–Crippen MR) is 69.7 cm³/mol. The van der Waals surface area contributed by atoms with Gasteiger partial charge in [0, 0.05) is 18.8 Å². The first-order valence-electron chi connectivity index (χ1n) is 6.09. The zero-order valence-corrected chi connectivity index (χ0v) is 10.6. The Kier molecular flexibility index (Phi) is 6.05. The number of hydrogen-bond donors (Lipinski definition) is 1. The SMILES string of the molecule is C#CC[C@H](C)C[C@@H]1CC=C[C@@H](CC#CC(=O)O)O1. The Hall–Kier alpha value is -1.71. The van der Waals surface area contributed by atoms with Crippen molar-refractivity contribution >= 4 is 5.97 Å². The molecule has 0 spiro atoms. The number of hydrogen-bond acceptors (Lipinski definition) is 2. The van der Waals surface area contributed by atoms with Crippen LogP contribution in [-0.2, 0) is 9.53 Å². The minimum absolute atomic E-state index is 0.103. The molecular weight excluding hydrogens is 228 g/mol. The second-order valence-corrected chi connectivity index (χ2v) is 4.52. The van der Waals surface area contributed by atoms with Gasteiger partial charge in [0.05, 0.1) is 12.2 Å². The molecule has 0 saturated carbocycles. The van der Waals surface area contributed by atoms with Crippen LogP contribution in [0.3, 0.4) is 0 Å². The van der Waals surface area contributed by atoms with Gasteiger partial charge in [0.1, 0.15) is 0 Å². The molecule has 0 radical (unpaired) electrons. The first kappa shape index (κ1) is 14.4. The third-order valence-corrected chi connectivity index (χ3v) is 2.75. The molecule has 18 heavy (non-hydrogen) atoms. The van der Waals surface area contributed by atoms with Crippen LogP contribution in [0.5, 0.6) is 0 Å². The van der Waals surface area contributed by atoms with Gasteiger partial charge < -0.3 is 9.84 Å². The predicted octanol–water partition coefficient (Wildman–Crippen LogP) is 2.23. The molecule has 96 valence electrons. The molecule has 0 aromatic carbocycles. The molecule has 3 atom stereocenters. The number of carboxylic acid groups (broad SMARTS) is 1. The molecule has 1 heterocycles. The number of terminal acetylenes is 1. The van der Waals surface area contributed by atoms with E-state index in [-0.39, 0.29) is 12.2 Å². The molecule has 1 N–H and O–H groups in total. The molecule has 0 aromatic heterocycles. The lowest BCUT2D eigenvalue weighted by Crippen LogP contribution is -2.25. The van der Waals surface area contributed by atoms with Crippen molar-refractivity contribution in [3.05, 3.63) is 12.2 Å². The number of carbonyl (C=O) groups is 1. The van der Waals surface area contributed by atoms with Crippen molar-refractivity contribution in [3.8, 4) is 24.2 Å². The van der Waals surface area contributed by atoms with Gasteiger partial charge in [-0.05, 0) is 18.8 Å². The molecule has 0 saturated heterocycles. The van der Waals surface area contributed by atoms with E-state index in [0.717, 1.165) is 19.3 Å². The lowest BCUT2D eigenvalue weighted by atomic mass is 9.97. The highest BCUT2D eigenvalue weighted by Gasteiger charge is 2.19. The summed E-state index contributed by atoms with van der Waals surface area (Å²) < 4.78 is 5.83. The van der Waals surface area contributed by atoms with Crippen LogP contribution in [0.4, 0.5) is 0 Å². The molecule has 1 aliphatic rings. The zero-order chi connectivity index (χ0) is 13.4. The molecule has 0 unspecified atom stereocenters. The fraction of sp³-hybridized carbons (Fsp3) is 0.533. The molecule has 1 aliphatic heterocycles. The van der Waals surface area contributed by atoms with Gasteiger partial charge in [-0.2, -0.15) is 0 Å². The van der Waals surface area contributed by atoms with E-state index in [1.54, 1.807) is 0 Å². The van der Waals surface area contributed by atoms with Gasteiger partial charge in [0.2, 0.25) is 0 Å². The third kappa shape index (κ3) is 5.57. The van der Waals surface area contributed by atoms with E-state index in [2.05, 4.69) is 30.8 Å². The molecule has 0 bridgehead atoms. The van der Waals surface area contributed by atoms with E-state index in [1.165, 1.54) is 0 Å². The van der Waals surface area contributed by atoms with Crippen molar-refractivity contribution < 1.29 is 14.6 Å². The van der Waals surface area contributed by atoms with Crippen LogP contribution in [0.15, 0.2) is 12.2 Å². The van der Waals surface area contributed by atoms with E-state index < -0.39 is 5.97 Å². The number of carboxylic acids is 1. The minimum atomic E-state index is -1.10. The maximum absolute atomic E-state index is 10.3. The molecule has 3 nitrogen and oxygen atoms in total. The molecular formula is C15H18O3. The molecule has 3 heteroatoms. The highest BCUT2D eigenvalue weighted by molar-refractivity contribution is 5.86. The average Bonchev–Trinajstić information content (AvgIpc) is 2.29. The first-order chi connectivity index (χ1) is 8.61. The van der Waals surface area contributed by atoms with Gasteiger partial charge in [-0.25, -0.2) is 4.79 Å². The molecule has 0 aromatic rings. The summed E-state index contributed by atoms with van der Waals surface area (Å²) in [5.74, 6) is 6.68. The largest absolute Gasteiger partial charge is 0.472 e. The van der Waals surface area contributed by atoms with Gasteiger partial charge in [0.15, 0.2) is 0 Å². The van der Waals surface area contributed by atoms with Crippen LogP contribution in [0.25, 0.3) is 0 Å². The number of aliphatic carboxylic acids is 1. The monoisotopic (exact) mass is 246 g/mol. The Labute approximate surface area is 108 Å². The summed E-state index contributed by atoms with van der Waals surface area (Å²) in [5.41, 5.74) is 0. The van der Waals surface area contributed by atoms with Gasteiger partial charge in [-0.3, -0.25) is 0 Å². The van der Waals surface area contributed by atoms with Crippen LogP contribution in [0.1, 0.15) is 32.6 Å². The molecule has 0 amide bonds. The fourth-order valence-corrected chi connectivity index (χ4v) is 1.96. The topological polar surface area (TPSA) is 46.5 Å². The van der Waals surface area contributed by atoms with Crippen LogP contribution in [0, 0.1) is 30.1 Å². The van der Waals surface area contributed by atoms with Crippen molar-refractivity contribution in [1.82, 2.24) is 0 Å². The van der Waals surface area contributed by atoms with Crippen molar-refractivity contribution in [3.63, 3.8) is 0 Å². The van der Waals surface area contributed by atoms with Crippen LogP contribution >= 0.6 is 0 Å². The van der Waals surface area contributed by atoms with Crippen molar-refractivity contribution in [2.24, 2.45) is 5.92 Å². The maximum Gasteiger partial charge on any atom is 0.381 e. The number of ether oxygens (including phenoxy) is 1. The Morgan fingerprint density at radius 1 is 1.67 bits per heavy atom. The summed E-state index contributed by atoms with van der Waals surface area (Å²) in [4.78, 5) is 10.3. The highest BCUT2D eigenvalue weighted by atomic mass is 16.5. The van der Waals surface area contributed by atoms with E-state index >= 15 is 0 Å². The molecule has 1 rings (SSSR count). The van der Waals surface area contributed by atoms with Gasteiger partial charge >= 0.3 is 5.97 Å². The Morgan fingerprint density at radius 2 is 2.44 bits per heavy atom. The first-order valence-corrected chi connectivity index (χ1v) is 6.09. The van der Waals surface area contributed by atoms with Crippen LogP contribution in [0.2, 0.25) is 0 Å². The summed E-state index contributed by atoms with van der Waals surface area (Å²) in [6, 6.07) is 0. The second-order valence-electron chi connectivity index (χ2n) is 4.52. The van der Waals surface area contributed by atoms with E-state index in [1.807, 2.05) is 6.08 Å². The summed E-state index contributed by atoms with van der Waals surface area (Å²) in [6.07, 6.45) is 12.3. The third-order valence-electron chi connectivity index (χ3n) is 2.75. The standard InChI is InChI=1S/C15H18O3/c1-3-6-12(2)11-14-9-4-7-13(18-14)8-5-10-15(16)17/h1,4,7,12-14H,6,8-9,11H2,2H3,(H,16,17)/t12-,13-,14-/m0/s1. The van der Waals surface area contributed by atoms with Crippen LogP contribution in [-0.4, -0.2) is 23.3 Å². The van der Waals surface area contributed by atoms with Crippen LogP contribution < -0.4 is 0 Å². The average molecular weight is 246 g/mol. The fourth-order valence-electron chi connectivity index (χ4n) is 1.96. The number of rotatable bonds is 4. The van der Waals surface area contributed by atoms with Gasteiger partial charge in [-0.15, -0.1) is 12.3 Å². The van der Waals surface area contributed by atoms with Crippen molar-refractivity contribution in [2.75, 3.05) is 0 Å². The summed E-state index contributed by atoms with van der Waals surface area (Å²) in [7, 11) is 0. The zero-order valence-electron chi connectivity index (χ0n) is 10.6. The Bertz CT molecular complexity index is 406. The quantitative estimate of drug-likeness (QED) is 0.611. The molecule has 0 aliphatic carbocycles. The second kappa shape index (κ2) is 7.58. The van der Waals surface area contributed by atoms with E-state index in [0.29, 0.717) is 12.3 Å².